The molecule has 0 fully saturated rings. The molecule has 2 heteroatoms. The van der Waals surface area contributed by atoms with Crippen LogP contribution in [-0.2, 0) is 7.05 Å². The minimum atomic E-state index is 1.21. The predicted molar refractivity (Wildman–Crippen MR) is 101 cm³/mol. The first-order valence-corrected chi connectivity index (χ1v) is 8.22. The number of unbranched alkanes of at least 4 members (excludes halogenated alkanes) is 1. The van der Waals surface area contributed by atoms with Gasteiger partial charge in [0.1, 0.15) is 0 Å². The van der Waals surface area contributed by atoms with E-state index in [0.29, 0.717) is 0 Å². The molecule has 0 atom stereocenters. The topological polar surface area (TPSA) is 17.8 Å². The average Bonchev–Trinajstić information content (AvgIpc) is 2.94. The molecule has 0 radical (unpaired) electrons. The summed E-state index contributed by atoms with van der Waals surface area (Å²) in [4.78, 5) is 0. The standard InChI is InChI=1S/C6H10.C5H8N2.C4H10.2C2H6/c1-4-6(3)5-2;1-5-3-6-7(2)4-5;1-3-4-2;2*1-2/h4-5H,1H2,2-3H3;3-4H,1-2H3;3-4H2,1-2H3;2*1-2H3/b6-5-;;;;. The molecule has 0 N–H and O–H groups in total. The molecule has 126 valence electrons. The van der Waals surface area contributed by atoms with Crippen LogP contribution in [0.25, 0.3) is 0 Å². The molecule has 0 aliphatic rings. The van der Waals surface area contributed by atoms with Crippen LogP contribution in [0.1, 0.15) is 73.8 Å². The summed E-state index contributed by atoms with van der Waals surface area (Å²) in [6, 6.07) is 0. The predicted octanol–water partition coefficient (Wildman–Crippen LogP) is 6.73. The Morgan fingerprint density at radius 1 is 1.19 bits per heavy atom. The molecule has 2 nitrogen and oxygen atoms in total. The monoisotopic (exact) mass is 296 g/mol. The Bertz CT molecular complexity index is 291. The van der Waals surface area contributed by atoms with Crippen molar-refractivity contribution in [2.75, 3.05) is 0 Å². The Hall–Kier alpha value is -1.31. The molecule has 21 heavy (non-hydrogen) atoms. The molecule has 0 unspecified atom stereocenters. The fourth-order valence-electron chi connectivity index (χ4n) is 0.661. The van der Waals surface area contributed by atoms with Crippen LogP contribution < -0.4 is 0 Å². The van der Waals surface area contributed by atoms with Gasteiger partial charge in [-0.15, -0.1) is 0 Å². The van der Waals surface area contributed by atoms with Crippen molar-refractivity contribution in [1.29, 1.82) is 0 Å². The summed E-state index contributed by atoms with van der Waals surface area (Å²) in [7, 11) is 1.91. The number of aromatic nitrogens is 2. The highest BCUT2D eigenvalue weighted by molar-refractivity contribution is 5.10. The Labute approximate surface area is 135 Å². The van der Waals surface area contributed by atoms with Crippen molar-refractivity contribution in [3.05, 3.63) is 42.3 Å². The van der Waals surface area contributed by atoms with Gasteiger partial charge < -0.3 is 0 Å². The van der Waals surface area contributed by atoms with Crippen LogP contribution >= 0.6 is 0 Å². The van der Waals surface area contributed by atoms with E-state index in [0.717, 1.165) is 0 Å². The van der Waals surface area contributed by atoms with Gasteiger partial charge in [-0.05, 0) is 26.3 Å². The quantitative estimate of drug-likeness (QED) is 0.553. The zero-order chi connectivity index (χ0) is 17.7. The molecule has 0 saturated carbocycles. The number of hydrogen-bond donors (Lipinski definition) is 0. The maximum atomic E-state index is 3.93. The molecule has 0 aliphatic carbocycles. The highest BCUT2D eigenvalue weighted by Gasteiger charge is 1.81. The van der Waals surface area contributed by atoms with Crippen molar-refractivity contribution >= 4 is 0 Å². The molecule has 0 bridgehead atoms. The lowest BCUT2D eigenvalue weighted by Crippen LogP contribution is -1.83. The van der Waals surface area contributed by atoms with E-state index in [1.54, 1.807) is 4.68 Å². The van der Waals surface area contributed by atoms with Crippen LogP contribution in [0.5, 0.6) is 0 Å². The van der Waals surface area contributed by atoms with Gasteiger partial charge in [-0.25, -0.2) is 0 Å². The molecule has 1 rings (SSSR count). The highest BCUT2D eigenvalue weighted by Crippen LogP contribution is 1.89. The van der Waals surface area contributed by atoms with E-state index >= 15 is 0 Å². The van der Waals surface area contributed by atoms with Gasteiger partial charge in [0.05, 0.1) is 6.20 Å². The van der Waals surface area contributed by atoms with Crippen LogP contribution in [-0.4, -0.2) is 9.78 Å². The molecule has 0 spiro atoms. The van der Waals surface area contributed by atoms with Crippen LogP contribution in [0.15, 0.2) is 36.7 Å². The number of hydrogen-bond acceptors (Lipinski definition) is 1. The lowest BCUT2D eigenvalue weighted by atomic mass is 10.3. The second kappa shape index (κ2) is 27.1. The van der Waals surface area contributed by atoms with Gasteiger partial charge >= 0.3 is 0 Å². The fraction of sp³-hybridized carbons (Fsp3) is 0.632. The highest BCUT2D eigenvalue weighted by atomic mass is 15.2. The minimum absolute atomic E-state index is 1.21. The Kier molecular flexibility index (Phi) is 36.1. The van der Waals surface area contributed by atoms with E-state index in [1.807, 2.05) is 80.1 Å². The molecular formula is C19H40N2. The van der Waals surface area contributed by atoms with Gasteiger partial charge in [-0.3, -0.25) is 4.68 Å². The van der Waals surface area contributed by atoms with Crippen molar-refractivity contribution in [2.45, 2.75) is 75.2 Å². The summed E-state index contributed by atoms with van der Waals surface area (Å²) in [5.41, 5.74) is 2.44. The number of rotatable bonds is 2. The lowest BCUT2D eigenvalue weighted by molar-refractivity contribution is 0.767. The molecule has 0 aliphatic heterocycles. The van der Waals surface area contributed by atoms with Gasteiger partial charge in [-0.1, -0.05) is 78.7 Å². The van der Waals surface area contributed by atoms with Gasteiger partial charge in [0.25, 0.3) is 0 Å². The van der Waals surface area contributed by atoms with E-state index in [-0.39, 0.29) is 0 Å². The van der Waals surface area contributed by atoms with E-state index in [9.17, 15) is 0 Å². The zero-order valence-electron chi connectivity index (χ0n) is 16.3. The van der Waals surface area contributed by atoms with Gasteiger partial charge in [0.2, 0.25) is 0 Å². The van der Waals surface area contributed by atoms with Crippen molar-refractivity contribution < 1.29 is 0 Å². The summed E-state index contributed by atoms with van der Waals surface area (Å²) < 4.78 is 1.79. The normalized spacial score (nSPS) is 8.38. The van der Waals surface area contributed by atoms with Gasteiger partial charge in [-0.2, -0.15) is 5.10 Å². The largest absolute Gasteiger partial charge is 0.276 e. The third kappa shape index (κ3) is 32.3. The smallest absolute Gasteiger partial charge is 0.0518 e. The first-order valence-electron chi connectivity index (χ1n) is 8.22. The molecule has 0 amide bonds. The second-order valence-corrected chi connectivity index (χ2v) is 3.93. The van der Waals surface area contributed by atoms with Crippen molar-refractivity contribution in [2.24, 2.45) is 7.05 Å². The molecule has 1 heterocycles. The van der Waals surface area contributed by atoms with Gasteiger partial charge in [0, 0.05) is 13.2 Å². The van der Waals surface area contributed by atoms with Crippen LogP contribution in [0.4, 0.5) is 0 Å². The third-order valence-corrected chi connectivity index (χ3v) is 2.11. The molecule has 0 aromatic carbocycles. The molecule has 1 aromatic heterocycles. The Morgan fingerprint density at radius 3 is 1.67 bits per heavy atom. The fourth-order valence-corrected chi connectivity index (χ4v) is 0.661. The van der Waals surface area contributed by atoms with E-state index < -0.39 is 0 Å². The minimum Gasteiger partial charge on any atom is -0.276 e. The van der Waals surface area contributed by atoms with Crippen LogP contribution in [0.3, 0.4) is 0 Å². The van der Waals surface area contributed by atoms with E-state index in [4.69, 9.17) is 0 Å². The first kappa shape index (κ1) is 27.9. The summed E-state index contributed by atoms with van der Waals surface area (Å²) in [6.07, 6.45) is 10.3. The summed E-state index contributed by atoms with van der Waals surface area (Å²) in [6.45, 7) is 22.0. The number of allylic oxidation sites excluding steroid dienone is 3. The first-order chi connectivity index (χ1) is 10.0. The number of aryl methyl sites for hydroxylation is 2. The maximum Gasteiger partial charge on any atom is 0.0518 e. The molecule has 0 saturated heterocycles. The van der Waals surface area contributed by atoms with Crippen molar-refractivity contribution in [3.63, 3.8) is 0 Å². The second-order valence-electron chi connectivity index (χ2n) is 3.93. The van der Waals surface area contributed by atoms with Crippen molar-refractivity contribution in [3.8, 4) is 0 Å². The van der Waals surface area contributed by atoms with Crippen LogP contribution in [0.2, 0.25) is 0 Å². The van der Waals surface area contributed by atoms with E-state index in [2.05, 4.69) is 25.5 Å². The molecule has 1 aromatic rings. The Balaban J connectivity index is -0.0000000948. The van der Waals surface area contributed by atoms with Gasteiger partial charge in [0.15, 0.2) is 0 Å². The van der Waals surface area contributed by atoms with E-state index in [1.165, 1.54) is 24.0 Å². The van der Waals surface area contributed by atoms with Crippen LogP contribution in [0, 0.1) is 6.92 Å². The molecular weight excluding hydrogens is 256 g/mol. The number of nitrogens with zero attached hydrogens (tertiary/aromatic N) is 2. The maximum absolute atomic E-state index is 3.93. The SMILES string of the molecule is C=C/C(C)=C\C.CC.CC.CCCC.Cc1cnn(C)c1. The van der Waals surface area contributed by atoms with Crippen molar-refractivity contribution in [1.82, 2.24) is 9.78 Å². The summed E-state index contributed by atoms with van der Waals surface area (Å²) in [5.74, 6) is 0. The third-order valence-electron chi connectivity index (χ3n) is 2.11. The lowest BCUT2D eigenvalue weighted by Gasteiger charge is -1.78. The summed E-state index contributed by atoms with van der Waals surface area (Å²) in [5, 5.41) is 3.93. The average molecular weight is 297 g/mol. The Morgan fingerprint density at radius 2 is 1.62 bits per heavy atom. The summed E-state index contributed by atoms with van der Waals surface area (Å²) >= 11 is 0. The zero-order valence-corrected chi connectivity index (χ0v) is 16.3.